The van der Waals surface area contributed by atoms with E-state index in [-0.39, 0.29) is 18.0 Å². The summed E-state index contributed by atoms with van der Waals surface area (Å²) in [5, 5.41) is 13.2. The summed E-state index contributed by atoms with van der Waals surface area (Å²) < 4.78 is 3.11. The zero-order valence-electron chi connectivity index (χ0n) is 13.5. The van der Waals surface area contributed by atoms with Crippen molar-refractivity contribution < 1.29 is 4.79 Å². The van der Waals surface area contributed by atoms with E-state index in [1.54, 1.807) is 6.33 Å². The molecule has 0 aliphatic rings. The highest BCUT2D eigenvalue weighted by atomic mass is 32.2. The number of nitrogens with one attached hydrogen (secondary N) is 1. The molecule has 0 aliphatic carbocycles. The molecule has 3 rings (SSSR count). The number of aryl methyl sites for hydroxylation is 1. The van der Waals surface area contributed by atoms with Crippen molar-refractivity contribution in [2.24, 2.45) is 7.05 Å². The number of hydrogen-bond donors (Lipinski definition) is 1. The molecule has 3 heterocycles. The van der Waals surface area contributed by atoms with Gasteiger partial charge in [0.25, 0.3) is 5.56 Å². The SMILES string of the molecule is Cn1cnnc1SCCNC(=O)Cn1cnc(-c2cccs2)cc1=O. The molecule has 130 valence electrons. The number of thioether (sulfide) groups is 1. The van der Waals surface area contributed by atoms with E-state index in [1.807, 2.05) is 29.1 Å². The number of carbonyl (C=O) groups is 1. The number of nitrogens with zero attached hydrogens (tertiary/aromatic N) is 5. The fraction of sp³-hybridized carbons (Fsp3) is 0.267. The van der Waals surface area contributed by atoms with Crippen LogP contribution >= 0.6 is 23.1 Å². The fourth-order valence-corrected chi connectivity index (χ4v) is 3.49. The lowest BCUT2D eigenvalue weighted by Crippen LogP contribution is -2.33. The van der Waals surface area contributed by atoms with Crippen LogP contribution in [0.15, 0.2) is 46.2 Å². The van der Waals surface area contributed by atoms with Crippen molar-refractivity contribution in [3.05, 3.63) is 46.6 Å². The van der Waals surface area contributed by atoms with E-state index < -0.39 is 0 Å². The van der Waals surface area contributed by atoms with Crippen LogP contribution in [0.4, 0.5) is 0 Å². The van der Waals surface area contributed by atoms with Crippen LogP contribution in [0.25, 0.3) is 10.6 Å². The number of carbonyl (C=O) groups excluding carboxylic acids is 1. The van der Waals surface area contributed by atoms with Gasteiger partial charge in [-0.1, -0.05) is 17.8 Å². The zero-order valence-corrected chi connectivity index (χ0v) is 15.1. The van der Waals surface area contributed by atoms with Crippen molar-refractivity contribution in [1.29, 1.82) is 0 Å². The van der Waals surface area contributed by atoms with Gasteiger partial charge in [0, 0.05) is 25.4 Å². The van der Waals surface area contributed by atoms with Crippen LogP contribution in [-0.4, -0.2) is 42.5 Å². The van der Waals surface area contributed by atoms with E-state index >= 15 is 0 Å². The van der Waals surface area contributed by atoms with Gasteiger partial charge in [-0.15, -0.1) is 21.5 Å². The van der Waals surface area contributed by atoms with E-state index in [2.05, 4.69) is 20.5 Å². The van der Waals surface area contributed by atoms with Crippen molar-refractivity contribution in [3.63, 3.8) is 0 Å². The van der Waals surface area contributed by atoms with Crippen LogP contribution in [0.1, 0.15) is 0 Å². The molecule has 0 bridgehead atoms. The van der Waals surface area contributed by atoms with Crippen molar-refractivity contribution in [2.75, 3.05) is 12.3 Å². The molecule has 25 heavy (non-hydrogen) atoms. The standard InChI is InChI=1S/C15H16N6O2S2/c1-20-10-18-19-15(20)25-6-4-16-13(22)8-21-9-17-11(7-14(21)23)12-3-2-5-24-12/h2-3,5,7,9-10H,4,6,8H2,1H3,(H,16,22). The van der Waals surface area contributed by atoms with E-state index in [4.69, 9.17) is 0 Å². The molecule has 0 saturated carbocycles. The molecule has 0 fully saturated rings. The number of amides is 1. The molecule has 0 atom stereocenters. The molecule has 3 aromatic heterocycles. The maximum absolute atomic E-state index is 12.1. The molecule has 0 spiro atoms. The second-order valence-corrected chi connectivity index (χ2v) is 7.15. The summed E-state index contributed by atoms with van der Waals surface area (Å²) in [7, 11) is 1.86. The molecule has 0 aliphatic heterocycles. The fourth-order valence-electron chi connectivity index (χ4n) is 2.05. The number of rotatable bonds is 7. The first-order valence-electron chi connectivity index (χ1n) is 7.47. The summed E-state index contributed by atoms with van der Waals surface area (Å²) in [6.07, 6.45) is 3.03. The second kappa shape index (κ2) is 8.08. The largest absolute Gasteiger partial charge is 0.354 e. The Morgan fingerprint density at radius 2 is 2.28 bits per heavy atom. The lowest BCUT2D eigenvalue weighted by atomic mass is 10.3. The summed E-state index contributed by atoms with van der Waals surface area (Å²) in [5.41, 5.74) is 0.374. The maximum atomic E-state index is 12.1. The smallest absolute Gasteiger partial charge is 0.254 e. The number of hydrogen-bond acceptors (Lipinski definition) is 7. The zero-order chi connectivity index (χ0) is 17.6. The first kappa shape index (κ1) is 17.4. The van der Waals surface area contributed by atoms with Crippen LogP contribution in [0.2, 0.25) is 0 Å². The Morgan fingerprint density at radius 3 is 2.96 bits per heavy atom. The van der Waals surface area contributed by atoms with Crippen molar-refractivity contribution in [2.45, 2.75) is 11.7 Å². The molecular formula is C15H16N6O2S2. The summed E-state index contributed by atoms with van der Waals surface area (Å²) in [6.45, 7) is 0.428. The topological polar surface area (TPSA) is 94.7 Å². The second-order valence-electron chi connectivity index (χ2n) is 5.14. The van der Waals surface area contributed by atoms with Gasteiger partial charge in [-0.25, -0.2) is 4.98 Å². The first-order valence-corrected chi connectivity index (χ1v) is 9.34. The lowest BCUT2D eigenvalue weighted by molar-refractivity contribution is -0.121. The number of thiophene rings is 1. The highest BCUT2D eigenvalue weighted by Gasteiger charge is 2.08. The van der Waals surface area contributed by atoms with Crippen LogP contribution in [0.3, 0.4) is 0 Å². The monoisotopic (exact) mass is 376 g/mol. The molecule has 1 N–H and O–H groups in total. The summed E-state index contributed by atoms with van der Waals surface area (Å²) in [4.78, 5) is 29.3. The van der Waals surface area contributed by atoms with E-state index in [1.165, 1.54) is 40.1 Å². The van der Waals surface area contributed by atoms with Gasteiger partial charge in [-0.05, 0) is 11.4 Å². The van der Waals surface area contributed by atoms with Crippen LogP contribution in [-0.2, 0) is 18.4 Å². The normalized spacial score (nSPS) is 10.8. The molecule has 0 radical (unpaired) electrons. The Labute approximate surface area is 151 Å². The van der Waals surface area contributed by atoms with Gasteiger partial charge < -0.3 is 9.88 Å². The third-order valence-electron chi connectivity index (χ3n) is 3.29. The van der Waals surface area contributed by atoms with E-state index in [0.717, 1.165) is 10.0 Å². The summed E-state index contributed by atoms with van der Waals surface area (Å²) >= 11 is 3.01. The maximum Gasteiger partial charge on any atom is 0.254 e. The van der Waals surface area contributed by atoms with Crippen molar-refractivity contribution >= 4 is 29.0 Å². The van der Waals surface area contributed by atoms with Crippen molar-refractivity contribution in [1.82, 2.24) is 29.6 Å². The molecular weight excluding hydrogens is 360 g/mol. The third-order valence-corrected chi connectivity index (χ3v) is 5.22. The predicted octanol–water partition coefficient (Wildman–Crippen LogP) is 1.01. The molecule has 1 amide bonds. The lowest BCUT2D eigenvalue weighted by Gasteiger charge is -2.07. The van der Waals surface area contributed by atoms with Gasteiger partial charge in [-0.3, -0.25) is 14.2 Å². The third kappa shape index (κ3) is 4.54. The molecule has 0 unspecified atom stereocenters. The average Bonchev–Trinajstić information content (AvgIpc) is 3.25. The highest BCUT2D eigenvalue weighted by Crippen LogP contribution is 2.20. The Morgan fingerprint density at radius 1 is 1.40 bits per heavy atom. The Hall–Kier alpha value is -2.46. The van der Waals surface area contributed by atoms with Crippen molar-refractivity contribution in [3.8, 4) is 10.6 Å². The van der Waals surface area contributed by atoms with Crippen LogP contribution in [0.5, 0.6) is 0 Å². The van der Waals surface area contributed by atoms with Gasteiger partial charge >= 0.3 is 0 Å². The summed E-state index contributed by atoms with van der Waals surface area (Å²) in [5.74, 6) is 0.439. The Bertz CT molecular complexity index is 903. The minimum absolute atomic E-state index is 0.0504. The Balaban J connectivity index is 1.49. The average molecular weight is 376 g/mol. The molecule has 10 heteroatoms. The minimum Gasteiger partial charge on any atom is -0.354 e. The number of aromatic nitrogens is 5. The van der Waals surface area contributed by atoms with Gasteiger partial charge in [0.2, 0.25) is 5.91 Å². The minimum atomic E-state index is -0.248. The molecule has 0 saturated heterocycles. The quantitative estimate of drug-likeness (QED) is 0.488. The Kier molecular flexibility index (Phi) is 5.61. The predicted molar refractivity (Wildman–Crippen MR) is 96.5 cm³/mol. The molecule has 8 nitrogen and oxygen atoms in total. The van der Waals surface area contributed by atoms with Crippen LogP contribution in [0, 0.1) is 0 Å². The van der Waals surface area contributed by atoms with Gasteiger partial charge in [0.15, 0.2) is 5.16 Å². The van der Waals surface area contributed by atoms with E-state index in [9.17, 15) is 9.59 Å². The summed E-state index contributed by atoms with van der Waals surface area (Å²) in [6, 6.07) is 5.25. The highest BCUT2D eigenvalue weighted by molar-refractivity contribution is 7.99. The first-order chi connectivity index (χ1) is 12.1. The molecule has 3 aromatic rings. The van der Waals surface area contributed by atoms with Gasteiger partial charge in [0.05, 0.1) is 16.9 Å². The van der Waals surface area contributed by atoms with Crippen LogP contribution < -0.4 is 10.9 Å². The van der Waals surface area contributed by atoms with E-state index in [0.29, 0.717) is 18.0 Å². The van der Waals surface area contributed by atoms with Gasteiger partial charge in [0.1, 0.15) is 12.9 Å². The van der Waals surface area contributed by atoms with Gasteiger partial charge in [-0.2, -0.15) is 0 Å². The molecule has 0 aromatic carbocycles.